The summed E-state index contributed by atoms with van der Waals surface area (Å²) in [4.78, 5) is 31.6. The van der Waals surface area contributed by atoms with Crippen molar-refractivity contribution in [1.82, 2.24) is 20.1 Å². The predicted molar refractivity (Wildman–Crippen MR) is 116 cm³/mol. The van der Waals surface area contributed by atoms with Gasteiger partial charge in [0.25, 0.3) is 0 Å². The molecule has 2 aromatic rings. The first kappa shape index (κ1) is 21.3. The molecule has 162 valence electrons. The maximum Gasteiger partial charge on any atom is 0.325 e. The van der Waals surface area contributed by atoms with Crippen LogP contribution < -0.4 is 5.32 Å². The minimum absolute atomic E-state index is 0.00443. The molecule has 3 heterocycles. The Bertz CT molecular complexity index is 904. The van der Waals surface area contributed by atoms with Crippen LogP contribution in [0.5, 0.6) is 0 Å². The van der Waals surface area contributed by atoms with Gasteiger partial charge >= 0.3 is 5.97 Å². The summed E-state index contributed by atoms with van der Waals surface area (Å²) in [6, 6.07) is 5.10. The minimum atomic E-state index is -0.862. The monoisotopic (exact) mass is 478 g/mol. The number of carbonyl (C=O) groups is 2. The molecule has 4 rings (SSSR count). The summed E-state index contributed by atoms with van der Waals surface area (Å²) in [6.07, 6.45) is 3.99. The fourth-order valence-electron chi connectivity index (χ4n) is 4.30. The molecule has 3 N–H and O–H groups in total. The highest BCUT2D eigenvalue weighted by molar-refractivity contribution is 9.10. The van der Waals surface area contributed by atoms with Crippen LogP contribution in [-0.4, -0.2) is 83.7 Å². The number of carboxylic acid groups (broad SMARTS) is 1. The molecule has 1 amide bonds. The molecule has 9 heteroatoms. The Morgan fingerprint density at radius 2 is 2.10 bits per heavy atom. The van der Waals surface area contributed by atoms with Gasteiger partial charge in [0.05, 0.1) is 12.6 Å². The zero-order valence-corrected chi connectivity index (χ0v) is 18.4. The second-order valence-electron chi connectivity index (χ2n) is 7.93. The molecular weight excluding hydrogens is 452 g/mol. The van der Waals surface area contributed by atoms with E-state index in [4.69, 9.17) is 4.74 Å². The highest BCUT2D eigenvalue weighted by Crippen LogP contribution is 2.31. The average Bonchev–Trinajstić information content (AvgIpc) is 3.38. The molecule has 0 unspecified atom stereocenters. The predicted octanol–water partition coefficient (Wildman–Crippen LogP) is 1.97. The van der Waals surface area contributed by atoms with Gasteiger partial charge in [-0.05, 0) is 31.0 Å². The number of carbonyl (C=O) groups excluding carboxylic acids is 1. The lowest BCUT2D eigenvalue weighted by Crippen LogP contribution is -2.51. The number of halogens is 1. The van der Waals surface area contributed by atoms with Crippen LogP contribution in [0, 0.1) is 0 Å². The highest BCUT2D eigenvalue weighted by Gasteiger charge is 2.32. The van der Waals surface area contributed by atoms with Crippen molar-refractivity contribution in [2.24, 2.45) is 0 Å². The standard InChI is InChI=1S/C21H27BrN4O4/c22-14-3-4-18-16(10-14)17(12-23-18)20(21(28)29)26-7-5-25(6-8-26)13-19(27)24-11-15-2-1-9-30-15/h3-4,10,12,15,20,23H,1-2,5-9,11,13H2,(H,24,27)(H,28,29)/t15-,20+/m0/s1. The lowest BCUT2D eigenvalue weighted by molar-refractivity contribution is -0.144. The fourth-order valence-corrected chi connectivity index (χ4v) is 4.66. The Balaban J connectivity index is 1.35. The first-order chi connectivity index (χ1) is 14.5. The smallest absolute Gasteiger partial charge is 0.325 e. The third-order valence-corrected chi connectivity index (χ3v) is 6.39. The van der Waals surface area contributed by atoms with E-state index < -0.39 is 12.0 Å². The van der Waals surface area contributed by atoms with Crippen molar-refractivity contribution >= 4 is 38.7 Å². The summed E-state index contributed by atoms with van der Waals surface area (Å²) >= 11 is 3.47. The molecule has 0 bridgehead atoms. The molecule has 0 radical (unpaired) electrons. The molecule has 30 heavy (non-hydrogen) atoms. The number of aliphatic carboxylic acids is 1. The van der Waals surface area contributed by atoms with Crippen molar-refractivity contribution in [3.8, 4) is 0 Å². The Morgan fingerprint density at radius 3 is 2.80 bits per heavy atom. The number of carboxylic acids is 1. The molecule has 0 aliphatic carbocycles. The molecule has 2 saturated heterocycles. The number of ether oxygens (including phenoxy) is 1. The van der Waals surface area contributed by atoms with Crippen molar-refractivity contribution in [2.45, 2.75) is 25.0 Å². The van der Waals surface area contributed by atoms with E-state index in [0.717, 1.165) is 40.4 Å². The molecule has 0 saturated carbocycles. The van der Waals surface area contributed by atoms with Gasteiger partial charge in [0.2, 0.25) is 5.91 Å². The third kappa shape index (κ3) is 4.85. The lowest BCUT2D eigenvalue weighted by Gasteiger charge is -2.37. The van der Waals surface area contributed by atoms with Gasteiger partial charge in [0, 0.05) is 66.5 Å². The quantitative estimate of drug-likeness (QED) is 0.562. The summed E-state index contributed by atoms with van der Waals surface area (Å²) < 4.78 is 6.45. The van der Waals surface area contributed by atoms with Crippen LogP contribution in [0.2, 0.25) is 0 Å². The molecule has 2 fully saturated rings. The topological polar surface area (TPSA) is 97.9 Å². The van der Waals surface area contributed by atoms with Crippen molar-refractivity contribution in [1.29, 1.82) is 0 Å². The van der Waals surface area contributed by atoms with Gasteiger partial charge in [-0.15, -0.1) is 0 Å². The number of nitrogens with one attached hydrogen (secondary N) is 2. The van der Waals surface area contributed by atoms with Crippen LogP contribution >= 0.6 is 15.9 Å². The van der Waals surface area contributed by atoms with Gasteiger partial charge in [-0.25, -0.2) is 0 Å². The number of hydrogen-bond acceptors (Lipinski definition) is 5. The van der Waals surface area contributed by atoms with Crippen LogP contribution in [0.1, 0.15) is 24.4 Å². The number of piperazine rings is 1. The number of H-pyrrole nitrogens is 1. The molecule has 0 spiro atoms. The third-order valence-electron chi connectivity index (χ3n) is 5.89. The molecule has 1 aromatic heterocycles. The number of hydrogen-bond donors (Lipinski definition) is 3. The Morgan fingerprint density at radius 1 is 1.30 bits per heavy atom. The number of benzene rings is 1. The van der Waals surface area contributed by atoms with Gasteiger partial charge in [0.1, 0.15) is 6.04 Å². The van der Waals surface area contributed by atoms with E-state index in [-0.39, 0.29) is 12.0 Å². The molecule has 8 nitrogen and oxygen atoms in total. The molecular formula is C21H27BrN4O4. The van der Waals surface area contributed by atoms with Gasteiger partial charge < -0.3 is 20.1 Å². The summed E-state index contributed by atoms with van der Waals surface area (Å²) in [7, 11) is 0. The average molecular weight is 479 g/mol. The normalized spacial score (nSPS) is 21.7. The van der Waals surface area contributed by atoms with Crippen LogP contribution in [0.4, 0.5) is 0 Å². The van der Waals surface area contributed by atoms with E-state index in [0.29, 0.717) is 39.3 Å². The largest absolute Gasteiger partial charge is 0.480 e. The summed E-state index contributed by atoms with van der Waals surface area (Å²) in [5, 5.41) is 13.8. The first-order valence-corrected chi connectivity index (χ1v) is 11.1. The molecule has 2 aliphatic rings. The fraction of sp³-hybridized carbons (Fsp3) is 0.524. The summed E-state index contributed by atoms with van der Waals surface area (Å²) in [5.74, 6) is -0.867. The second-order valence-corrected chi connectivity index (χ2v) is 8.84. The number of aromatic amines is 1. The Labute approximate surface area is 183 Å². The van der Waals surface area contributed by atoms with E-state index in [1.165, 1.54) is 0 Å². The molecule has 2 atom stereocenters. The van der Waals surface area contributed by atoms with Crippen LogP contribution in [0.15, 0.2) is 28.9 Å². The SMILES string of the molecule is O=C(CN1CCN([C@@H](C(=O)O)c2c[nH]c3ccc(Br)cc23)CC1)NC[C@@H]1CCCO1. The number of nitrogens with zero attached hydrogens (tertiary/aromatic N) is 2. The molecule has 1 aromatic carbocycles. The van der Waals surface area contributed by atoms with Gasteiger partial charge in [-0.2, -0.15) is 0 Å². The zero-order chi connectivity index (χ0) is 21.1. The van der Waals surface area contributed by atoms with Crippen LogP contribution in [0.25, 0.3) is 10.9 Å². The molecule has 2 aliphatic heterocycles. The number of amides is 1. The van der Waals surface area contributed by atoms with E-state index in [2.05, 4.69) is 31.1 Å². The van der Waals surface area contributed by atoms with Crippen LogP contribution in [-0.2, 0) is 14.3 Å². The van der Waals surface area contributed by atoms with Crippen molar-refractivity contribution in [3.05, 3.63) is 34.4 Å². The van der Waals surface area contributed by atoms with E-state index in [1.54, 1.807) is 6.20 Å². The Kier molecular flexibility index (Phi) is 6.72. The van der Waals surface area contributed by atoms with Gasteiger partial charge in [-0.3, -0.25) is 19.4 Å². The Hall–Kier alpha value is -1.94. The highest BCUT2D eigenvalue weighted by atomic mass is 79.9. The number of fused-ring (bicyclic) bond motifs is 1. The van der Waals surface area contributed by atoms with E-state index >= 15 is 0 Å². The van der Waals surface area contributed by atoms with Crippen molar-refractivity contribution < 1.29 is 19.4 Å². The second kappa shape index (κ2) is 9.47. The minimum Gasteiger partial charge on any atom is -0.480 e. The van der Waals surface area contributed by atoms with Gasteiger partial charge in [0.15, 0.2) is 0 Å². The maximum atomic E-state index is 12.2. The van der Waals surface area contributed by atoms with Gasteiger partial charge in [-0.1, -0.05) is 15.9 Å². The van der Waals surface area contributed by atoms with E-state index in [9.17, 15) is 14.7 Å². The summed E-state index contributed by atoms with van der Waals surface area (Å²) in [5.41, 5.74) is 1.68. The zero-order valence-electron chi connectivity index (χ0n) is 16.8. The van der Waals surface area contributed by atoms with Crippen molar-refractivity contribution in [2.75, 3.05) is 45.9 Å². The number of rotatable bonds is 7. The maximum absolute atomic E-state index is 12.2. The summed E-state index contributed by atoms with van der Waals surface area (Å²) in [6.45, 7) is 4.18. The lowest BCUT2D eigenvalue weighted by atomic mass is 10.0. The van der Waals surface area contributed by atoms with Crippen LogP contribution in [0.3, 0.4) is 0 Å². The first-order valence-electron chi connectivity index (χ1n) is 10.4. The van der Waals surface area contributed by atoms with Crippen molar-refractivity contribution in [3.63, 3.8) is 0 Å². The van der Waals surface area contributed by atoms with E-state index in [1.807, 2.05) is 23.1 Å². The number of aromatic nitrogens is 1.